The van der Waals surface area contributed by atoms with Gasteiger partial charge in [-0.25, -0.2) is 24.0 Å². The largest absolute Gasteiger partial charge is 0.508 e. The Morgan fingerprint density at radius 3 is 0.900 bits per heavy atom. The molecule has 1 amide bonds. The number of hydrogen-bond donors (Lipinski definition) is 1. The highest BCUT2D eigenvalue weighted by atomic mass is 16.7. The van der Waals surface area contributed by atoms with Crippen molar-refractivity contribution in [3.05, 3.63) is 48.6 Å². The third-order valence-corrected chi connectivity index (χ3v) is 14.7. The average Bonchev–Trinajstić information content (AvgIpc) is 3.70. The second kappa shape index (κ2) is 73.2. The van der Waals surface area contributed by atoms with E-state index in [1.54, 1.807) is 4.90 Å². The molecule has 0 aromatic rings. The molecule has 0 fully saturated rings. The minimum absolute atomic E-state index is 0.241. The van der Waals surface area contributed by atoms with E-state index in [0.29, 0.717) is 52.7 Å². The Bertz CT molecular complexity index is 1610. The van der Waals surface area contributed by atoms with Gasteiger partial charge in [0.15, 0.2) is 0 Å². The quantitative estimate of drug-likeness (QED) is 0.0262. The van der Waals surface area contributed by atoms with Gasteiger partial charge in [0.1, 0.15) is 33.0 Å². The molecule has 0 saturated heterocycles. The van der Waals surface area contributed by atoms with Gasteiger partial charge < -0.3 is 62.6 Å². The van der Waals surface area contributed by atoms with Crippen molar-refractivity contribution in [2.45, 2.75) is 259 Å². The van der Waals surface area contributed by atoms with E-state index in [1.807, 2.05) is 45.4 Å². The lowest BCUT2D eigenvalue weighted by Gasteiger charge is -2.24. The van der Waals surface area contributed by atoms with E-state index >= 15 is 0 Å². The number of likely N-dealkylation sites (N-methyl/N-ethyl adjacent to an activating group) is 2. The summed E-state index contributed by atoms with van der Waals surface area (Å²) in [6.45, 7) is 17.5. The highest BCUT2D eigenvalue weighted by Gasteiger charge is 2.15. The van der Waals surface area contributed by atoms with Crippen molar-refractivity contribution >= 4 is 30.7 Å². The van der Waals surface area contributed by atoms with E-state index in [9.17, 15) is 24.0 Å². The molecule has 0 saturated carbocycles. The summed E-state index contributed by atoms with van der Waals surface area (Å²) < 4.78 is 46.5. The summed E-state index contributed by atoms with van der Waals surface area (Å²) in [5.41, 5.74) is 0. The van der Waals surface area contributed by atoms with Crippen molar-refractivity contribution in [2.75, 3.05) is 126 Å². The maximum Gasteiger partial charge on any atom is 0.508 e. The molecule has 1 N–H and O–H groups in total. The fraction of sp³-hybridized carbons (Fsp3) is 0.819. The predicted molar refractivity (Wildman–Crippen MR) is 367 cm³/mol. The van der Waals surface area contributed by atoms with E-state index in [-0.39, 0.29) is 32.5 Å². The Morgan fingerprint density at radius 1 is 0.289 bits per heavy atom. The van der Waals surface area contributed by atoms with Gasteiger partial charge in [0.25, 0.3) is 0 Å². The van der Waals surface area contributed by atoms with Gasteiger partial charge in [-0.1, -0.05) is 192 Å². The monoisotopic (exact) mass is 1280 g/mol. The second-order valence-corrected chi connectivity index (χ2v) is 23.5. The lowest BCUT2D eigenvalue weighted by Crippen LogP contribution is -2.36. The van der Waals surface area contributed by atoms with Gasteiger partial charge in [0.2, 0.25) is 0 Å². The zero-order valence-electron chi connectivity index (χ0n) is 58.4. The van der Waals surface area contributed by atoms with Gasteiger partial charge in [0.05, 0.1) is 26.4 Å². The summed E-state index contributed by atoms with van der Waals surface area (Å²) in [6, 6.07) is 0. The molecule has 0 aromatic carbocycles. The van der Waals surface area contributed by atoms with Gasteiger partial charge >= 0.3 is 30.7 Å². The van der Waals surface area contributed by atoms with Crippen LogP contribution in [-0.4, -0.2) is 172 Å². The molecule has 90 heavy (non-hydrogen) atoms. The molecule has 0 spiro atoms. The Balaban J connectivity index is 0. The Labute approximate surface area is 549 Å². The van der Waals surface area contributed by atoms with Crippen molar-refractivity contribution in [1.29, 1.82) is 0 Å². The number of nitrogens with zero attached hydrogens (tertiary/aromatic N) is 3. The van der Waals surface area contributed by atoms with Crippen LogP contribution in [0, 0.1) is 0 Å². The maximum atomic E-state index is 13.0. The number of carbonyl (C=O) groups is 5. The Morgan fingerprint density at radius 2 is 0.589 bits per heavy atom. The highest BCUT2D eigenvalue weighted by Crippen LogP contribution is 2.11. The topological polar surface area (TPSA) is 190 Å². The van der Waals surface area contributed by atoms with E-state index in [0.717, 1.165) is 167 Å². The number of ether oxygens (including phenoxy) is 9. The lowest BCUT2D eigenvalue weighted by atomic mass is 10.1. The van der Waals surface area contributed by atoms with Crippen LogP contribution in [-0.2, 0) is 42.6 Å². The van der Waals surface area contributed by atoms with Crippen LogP contribution in [0.3, 0.4) is 0 Å². The van der Waals surface area contributed by atoms with E-state index in [2.05, 4.69) is 67.1 Å². The summed E-state index contributed by atoms with van der Waals surface area (Å²) in [5.74, 6) is 0. The molecule has 0 rings (SSSR count). The first kappa shape index (κ1) is 87.3. The zero-order chi connectivity index (χ0) is 66.1. The van der Waals surface area contributed by atoms with Crippen molar-refractivity contribution in [2.24, 2.45) is 0 Å². The van der Waals surface area contributed by atoms with Gasteiger partial charge in [0, 0.05) is 32.7 Å². The Hall–Kier alpha value is -4.81. The normalized spacial score (nSPS) is 11.4. The number of nitrogens with one attached hydrogen (secondary N) is 1. The summed E-state index contributed by atoms with van der Waals surface area (Å²) >= 11 is 0. The molecular formula is C72H134N4O14. The van der Waals surface area contributed by atoms with E-state index in [1.165, 1.54) is 89.9 Å². The van der Waals surface area contributed by atoms with Gasteiger partial charge in [-0.3, -0.25) is 0 Å². The minimum atomic E-state index is -0.630. The van der Waals surface area contributed by atoms with Crippen molar-refractivity contribution < 1.29 is 66.6 Å². The van der Waals surface area contributed by atoms with Crippen LogP contribution in [0.1, 0.15) is 259 Å². The Kier molecular flexibility index (Phi) is 71.0. The standard InChI is InChI=1S/C40H75N3O8.C32H59NO6/c1-6-8-10-12-14-18-24-33-48-39(45)50-35-26-20-16-22-28-43(38(44)47-37-32-42(5)31-30-41(3)4)29-23-17-21-27-36-51-40(46)49-34-25-19-15-13-11-9-7-2;1-3-5-7-9-11-15-21-27-36-31(34)38-29-23-17-13-19-25-33-26-20-14-18-24-30-39-32(35)37-28-22-16-12-10-8-6-4-2/h18-19,24-25H,6-17,20-23,26-37H2,1-5H3;15-16,21-22,33H,3-14,17-20,23-30H2,1-2H3/b24-18-,25-19-;21-15-,22-16-. The molecule has 0 heterocycles. The molecule has 18 nitrogen and oxygen atoms in total. The van der Waals surface area contributed by atoms with Crippen molar-refractivity contribution in [1.82, 2.24) is 20.0 Å². The number of hydrogen-bond acceptors (Lipinski definition) is 17. The molecule has 0 aliphatic carbocycles. The first-order valence-electron chi connectivity index (χ1n) is 35.7. The van der Waals surface area contributed by atoms with E-state index in [4.69, 9.17) is 42.6 Å². The van der Waals surface area contributed by atoms with Crippen LogP contribution in [0.25, 0.3) is 0 Å². The molecule has 0 atom stereocenters. The van der Waals surface area contributed by atoms with Gasteiger partial charge in [-0.05, 0) is 150 Å². The maximum absolute atomic E-state index is 13.0. The fourth-order valence-corrected chi connectivity index (χ4v) is 8.96. The lowest BCUT2D eigenvalue weighted by molar-refractivity contribution is 0.0608. The molecule has 0 aliphatic rings. The highest BCUT2D eigenvalue weighted by molar-refractivity contribution is 5.67. The van der Waals surface area contributed by atoms with Crippen LogP contribution >= 0.6 is 0 Å². The van der Waals surface area contributed by atoms with Crippen LogP contribution < -0.4 is 5.32 Å². The van der Waals surface area contributed by atoms with Crippen molar-refractivity contribution in [3.63, 3.8) is 0 Å². The predicted octanol–water partition coefficient (Wildman–Crippen LogP) is 18.5. The summed E-state index contributed by atoms with van der Waals surface area (Å²) in [7, 11) is 6.12. The number of rotatable bonds is 62. The fourth-order valence-electron chi connectivity index (χ4n) is 8.96. The van der Waals surface area contributed by atoms with Gasteiger partial charge in [-0.15, -0.1) is 0 Å². The van der Waals surface area contributed by atoms with Crippen LogP contribution in [0.2, 0.25) is 0 Å². The SMILES string of the molecule is CCCCCC/C=C\COC(=O)OCCCCCCN(CCCCCCOC(=O)OC/C=C\CCCCCC)C(=O)OCCN(C)CCN(C)C.CCCCCC/C=C\COC(=O)OCCCCCCNCCCCCCOC(=O)OC/C=C\CCCCCC. The molecule has 18 heteroatoms. The first-order chi connectivity index (χ1) is 44.0. The molecule has 0 unspecified atom stereocenters. The number of unbranched alkanes of at least 4 members (excludes halogenated alkanes) is 28. The first-order valence-corrected chi connectivity index (χ1v) is 35.7. The van der Waals surface area contributed by atoms with Crippen molar-refractivity contribution in [3.8, 4) is 0 Å². The molecular weight excluding hydrogens is 1140 g/mol. The molecule has 0 aromatic heterocycles. The van der Waals surface area contributed by atoms with Crippen LogP contribution in [0.15, 0.2) is 48.6 Å². The van der Waals surface area contributed by atoms with Crippen LogP contribution in [0.4, 0.5) is 24.0 Å². The minimum Gasteiger partial charge on any atom is -0.448 e. The smallest absolute Gasteiger partial charge is 0.448 e. The van der Waals surface area contributed by atoms with Gasteiger partial charge in [-0.2, -0.15) is 0 Å². The summed E-state index contributed by atoms with van der Waals surface area (Å²) in [6.07, 6.45) is 52.0. The third-order valence-electron chi connectivity index (χ3n) is 14.7. The number of allylic oxidation sites excluding steroid dienone is 4. The third kappa shape index (κ3) is 72.3. The summed E-state index contributed by atoms with van der Waals surface area (Å²) in [5, 5.41) is 3.48. The molecule has 0 radical (unpaired) electrons. The van der Waals surface area contributed by atoms with Crippen LogP contribution in [0.5, 0.6) is 0 Å². The summed E-state index contributed by atoms with van der Waals surface area (Å²) in [4.78, 5) is 65.7. The molecule has 526 valence electrons. The number of amides is 1. The zero-order valence-corrected chi connectivity index (χ0v) is 58.4. The van der Waals surface area contributed by atoms with E-state index < -0.39 is 24.6 Å². The molecule has 0 aliphatic heterocycles. The average molecular weight is 1280 g/mol. The number of carbonyl (C=O) groups excluding carboxylic acids is 5. The molecule has 0 bridgehead atoms. The second-order valence-electron chi connectivity index (χ2n) is 23.5.